The Morgan fingerprint density at radius 1 is 1.48 bits per heavy atom. The van der Waals surface area contributed by atoms with Crippen LogP contribution in [0.5, 0.6) is 5.75 Å². The lowest BCUT2D eigenvalue weighted by Crippen LogP contribution is -2.03. The first-order valence-corrected chi connectivity index (χ1v) is 8.15. The van der Waals surface area contributed by atoms with Crippen LogP contribution in [0.3, 0.4) is 0 Å². The zero-order chi connectivity index (χ0) is 15.2. The molecule has 0 aliphatic carbocycles. The van der Waals surface area contributed by atoms with E-state index < -0.39 is 5.97 Å². The molecule has 0 unspecified atom stereocenters. The molecule has 0 spiro atoms. The van der Waals surface area contributed by atoms with Gasteiger partial charge in [0.1, 0.15) is 5.75 Å². The molecule has 110 valence electrons. The van der Waals surface area contributed by atoms with Crippen LogP contribution in [0.15, 0.2) is 39.5 Å². The van der Waals surface area contributed by atoms with Crippen LogP contribution in [-0.4, -0.2) is 17.7 Å². The molecule has 2 aromatic rings. The highest BCUT2D eigenvalue weighted by Gasteiger charge is 2.08. The van der Waals surface area contributed by atoms with Crippen molar-refractivity contribution in [2.24, 2.45) is 0 Å². The normalized spacial score (nSPS) is 11.0. The zero-order valence-corrected chi connectivity index (χ0v) is 13.9. The molecule has 0 amide bonds. The molecule has 2 rings (SSSR count). The monoisotopic (exact) mass is 366 g/mol. The van der Waals surface area contributed by atoms with Gasteiger partial charge in [-0.3, -0.25) is 0 Å². The Balaban J connectivity index is 2.14. The molecule has 1 heterocycles. The smallest absolute Gasteiger partial charge is 0.328 e. The maximum absolute atomic E-state index is 10.7. The molecule has 5 heteroatoms. The summed E-state index contributed by atoms with van der Waals surface area (Å²) in [5.41, 5.74) is 2.98. The third kappa shape index (κ3) is 4.72. The van der Waals surface area contributed by atoms with Crippen LogP contribution in [0.25, 0.3) is 6.08 Å². The molecule has 0 aliphatic rings. The largest absolute Gasteiger partial charge is 0.492 e. The van der Waals surface area contributed by atoms with E-state index in [4.69, 9.17) is 9.84 Å². The van der Waals surface area contributed by atoms with Crippen LogP contribution in [0.4, 0.5) is 0 Å². The summed E-state index contributed by atoms with van der Waals surface area (Å²) < 4.78 is 6.77. The van der Waals surface area contributed by atoms with Gasteiger partial charge in [-0.05, 0) is 53.1 Å². The van der Waals surface area contributed by atoms with Gasteiger partial charge in [0, 0.05) is 22.5 Å². The highest BCUT2D eigenvalue weighted by molar-refractivity contribution is 9.10. The van der Waals surface area contributed by atoms with Crippen molar-refractivity contribution in [2.45, 2.75) is 13.3 Å². The minimum atomic E-state index is -0.975. The van der Waals surface area contributed by atoms with Gasteiger partial charge in [0.15, 0.2) is 0 Å². The minimum Gasteiger partial charge on any atom is -0.492 e. The van der Waals surface area contributed by atoms with Gasteiger partial charge >= 0.3 is 5.97 Å². The third-order valence-corrected chi connectivity index (χ3v) is 4.08. The fourth-order valence-corrected chi connectivity index (χ4v) is 3.24. The van der Waals surface area contributed by atoms with Crippen molar-refractivity contribution in [1.29, 1.82) is 0 Å². The van der Waals surface area contributed by atoms with Gasteiger partial charge in [-0.25, -0.2) is 4.79 Å². The number of aliphatic carboxylic acids is 1. The summed E-state index contributed by atoms with van der Waals surface area (Å²) in [4.78, 5) is 10.7. The number of thiophene rings is 1. The first-order valence-electron chi connectivity index (χ1n) is 6.41. The zero-order valence-electron chi connectivity index (χ0n) is 11.5. The van der Waals surface area contributed by atoms with E-state index in [0.29, 0.717) is 6.61 Å². The fraction of sp³-hybridized carbons (Fsp3) is 0.188. The summed E-state index contributed by atoms with van der Waals surface area (Å²) in [6, 6.07) is 5.89. The second-order valence-electron chi connectivity index (χ2n) is 4.54. The van der Waals surface area contributed by atoms with E-state index in [1.807, 2.05) is 24.4 Å². The Kier molecular flexibility index (Phi) is 5.59. The van der Waals surface area contributed by atoms with Gasteiger partial charge in [0.2, 0.25) is 0 Å². The van der Waals surface area contributed by atoms with Gasteiger partial charge < -0.3 is 9.84 Å². The molecule has 3 nitrogen and oxygen atoms in total. The van der Waals surface area contributed by atoms with Crippen molar-refractivity contribution in [3.8, 4) is 5.75 Å². The Labute approximate surface area is 136 Å². The molecule has 1 aromatic heterocycles. The second-order valence-corrected chi connectivity index (χ2v) is 6.24. The van der Waals surface area contributed by atoms with Gasteiger partial charge in [-0.1, -0.05) is 15.9 Å². The first-order chi connectivity index (χ1) is 10.1. The highest BCUT2D eigenvalue weighted by atomic mass is 79.9. The molecule has 1 aromatic carbocycles. The maximum atomic E-state index is 10.7. The number of carbonyl (C=O) groups is 1. The van der Waals surface area contributed by atoms with Crippen LogP contribution >= 0.6 is 27.3 Å². The quantitative estimate of drug-likeness (QED) is 0.763. The lowest BCUT2D eigenvalue weighted by atomic mass is 10.1. The summed E-state index contributed by atoms with van der Waals surface area (Å²) in [5, 5.41) is 12.9. The van der Waals surface area contributed by atoms with Gasteiger partial charge in [0.05, 0.1) is 6.61 Å². The number of hydrogen-bond acceptors (Lipinski definition) is 3. The topological polar surface area (TPSA) is 46.5 Å². The summed E-state index contributed by atoms with van der Waals surface area (Å²) in [5.74, 6) is -0.247. The van der Waals surface area contributed by atoms with E-state index in [-0.39, 0.29) is 0 Å². The van der Waals surface area contributed by atoms with Crippen molar-refractivity contribution in [1.82, 2.24) is 0 Å². The van der Waals surface area contributed by atoms with Crippen molar-refractivity contribution < 1.29 is 14.6 Å². The fourth-order valence-electron chi connectivity index (χ4n) is 1.94. The number of hydrogen-bond donors (Lipinski definition) is 1. The maximum Gasteiger partial charge on any atom is 0.328 e. The van der Waals surface area contributed by atoms with Crippen molar-refractivity contribution >= 4 is 39.3 Å². The van der Waals surface area contributed by atoms with Gasteiger partial charge in [-0.2, -0.15) is 11.3 Å². The number of aryl methyl sites for hydroxylation is 1. The molecule has 0 saturated heterocycles. The summed E-state index contributed by atoms with van der Waals surface area (Å²) in [6.07, 6.45) is 3.51. The van der Waals surface area contributed by atoms with Crippen LogP contribution in [0.1, 0.15) is 16.7 Å². The third-order valence-electron chi connectivity index (χ3n) is 2.89. The molecule has 0 atom stereocenters. The number of ether oxygens (including phenoxy) is 1. The molecule has 1 N–H and O–H groups in total. The standard InChI is InChI=1S/C16H15BrO3S/c1-11-8-14(17)9-13(2-3-15(18)19)16(11)20-6-4-12-5-7-21-10-12/h2-3,5,7-10H,4,6H2,1H3,(H,18,19)/b3-2+. The molecule has 21 heavy (non-hydrogen) atoms. The van der Waals surface area contributed by atoms with Crippen molar-refractivity contribution in [3.63, 3.8) is 0 Å². The Bertz CT molecular complexity index is 648. The number of benzene rings is 1. The van der Waals surface area contributed by atoms with E-state index >= 15 is 0 Å². The molecular weight excluding hydrogens is 352 g/mol. The van der Waals surface area contributed by atoms with E-state index in [0.717, 1.165) is 33.8 Å². The number of carboxylic acid groups (broad SMARTS) is 1. The molecule has 0 radical (unpaired) electrons. The van der Waals surface area contributed by atoms with Crippen LogP contribution in [-0.2, 0) is 11.2 Å². The highest BCUT2D eigenvalue weighted by Crippen LogP contribution is 2.29. The Morgan fingerprint density at radius 2 is 2.29 bits per heavy atom. The summed E-state index contributed by atoms with van der Waals surface area (Å²) in [7, 11) is 0. The summed E-state index contributed by atoms with van der Waals surface area (Å²) in [6.45, 7) is 2.51. The molecule has 0 aliphatic heterocycles. The summed E-state index contributed by atoms with van der Waals surface area (Å²) >= 11 is 5.09. The minimum absolute atomic E-state index is 0.563. The van der Waals surface area contributed by atoms with Crippen molar-refractivity contribution in [3.05, 3.63) is 56.2 Å². The average molecular weight is 367 g/mol. The van der Waals surface area contributed by atoms with E-state index in [2.05, 4.69) is 27.4 Å². The molecule has 0 fully saturated rings. The van der Waals surface area contributed by atoms with Crippen LogP contribution < -0.4 is 4.74 Å². The number of halogens is 1. The van der Waals surface area contributed by atoms with Crippen LogP contribution in [0.2, 0.25) is 0 Å². The predicted octanol–water partition coefficient (Wildman–Crippen LogP) is 4.54. The first kappa shape index (κ1) is 15.8. The van der Waals surface area contributed by atoms with E-state index in [1.54, 1.807) is 17.4 Å². The SMILES string of the molecule is Cc1cc(Br)cc(/C=C/C(=O)O)c1OCCc1ccsc1. The van der Waals surface area contributed by atoms with Gasteiger partial charge in [-0.15, -0.1) is 0 Å². The molecular formula is C16H15BrO3S. The van der Waals surface area contributed by atoms with Crippen LogP contribution in [0, 0.1) is 6.92 Å². The Hall–Kier alpha value is -1.59. The lowest BCUT2D eigenvalue weighted by molar-refractivity contribution is -0.131. The Morgan fingerprint density at radius 3 is 2.95 bits per heavy atom. The molecule has 0 bridgehead atoms. The average Bonchev–Trinajstić information content (AvgIpc) is 2.92. The lowest BCUT2D eigenvalue weighted by Gasteiger charge is -2.13. The predicted molar refractivity (Wildman–Crippen MR) is 89.1 cm³/mol. The second kappa shape index (κ2) is 7.43. The molecule has 0 saturated carbocycles. The number of carboxylic acids is 1. The van der Waals surface area contributed by atoms with E-state index in [1.165, 1.54) is 5.56 Å². The van der Waals surface area contributed by atoms with Crippen molar-refractivity contribution in [2.75, 3.05) is 6.61 Å². The number of rotatable bonds is 6. The van der Waals surface area contributed by atoms with E-state index in [9.17, 15) is 4.79 Å². The van der Waals surface area contributed by atoms with Gasteiger partial charge in [0.25, 0.3) is 0 Å².